The van der Waals surface area contributed by atoms with Gasteiger partial charge in [-0.1, -0.05) is 13.8 Å². The summed E-state index contributed by atoms with van der Waals surface area (Å²) in [6, 6.07) is 2.06. The molecule has 0 aliphatic carbocycles. The fourth-order valence-electron chi connectivity index (χ4n) is 1.95. The molecule has 19 heavy (non-hydrogen) atoms. The normalized spacial score (nSPS) is 11.4. The molecule has 110 valence electrons. The minimum absolute atomic E-state index is 0.782. The molecule has 0 saturated heterocycles. The van der Waals surface area contributed by atoms with E-state index >= 15 is 0 Å². The van der Waals surface area contributed by atoms with Crippen LogP contribution in [0.5, 0.6) is 0 Å². The van der Waals surface area contributed by atoms with Gasteiger partial charge in [0.05, 0.1) is 19.4 Å². The van der Waals surface area contributed by atoms with E-state index < -0.39 is 0 Å². The summed E-state index contributed by atoms with van der Waals surface area (Å²) in [6.45, 7) is 12.7. The third-order valence-electron chi connectivity index (χ3n) is 3.15. The Morgan fingerprint density at radius 2 is 2.16 bits per heavy atom. The lowest BCUT2D eigenvalue weighted by atomic mass is 10.2. The number of furan rings is 1. The molecule has 1 aromatic rings. The molecular formula is C15H28N2O2. The van der Waals surface area contributed by atoms with Crippen LogP contribution in [0.25, 0.3) is 0 Å². The Morgan fingerprint density at radius 3 is 2.84 bits per heavy atom. The van der Waals surface area contributed by atoms with Crippen molar-refractivity contribution in [3.63, 3.8) is 0 Å². The maximum atomic E-state index is 5.61. The van der Waals surface area contributed by atoms with Gasteiger partial charge in [-0.15, -0.1) is 0 Å². The minimum Gasteiger partial charge on any atom is -0.468 e. The summed E-state index contributed by atoms with van der Waals surface area (Å²) in [4.78, 5) is 2.35. The van der Waals surface area contributed by atoms with E-state index in [1.807, 2.05) is 6.92 Å². The zero-order valence-electron chi connectivity index (χ0n) is 12.6. The van der Waals surface area contributed by atoms with Gasteiger partial charge in [0.25, 0.3) is 0 Å². The first kappa shape index (κ1) is 16.2. The van der Waals surface area contributed by atoms with E-state index in [1.165, 1.54) is 5.56 Å². The molecule has 1 heterocycles. The van der Waals surface area contributed by atoms with Gasteiger partial charge in [0.15, 0.2) is 0 Å². The second kappa shape index (κ2) is 10.0. The van der Waals surface area contributed by atoms with Crippen LogP contribution in [0.15, 0.2) is 16.7 Å². The van der Waals surface area contributed by atoms with Crippen LogP contribution in [-0.4, -0.2) is 37.7 Å². The van der Waals surface area contributed by atoms with Crippen LogP contribution in [0, 0.1) is 0 Å². The van der Waals surface area contributed by atoms with E-state index in [2.05, 4.69) is 30.1 Å². The molecule has 0 atom stereocenters. The Morgan fingerprint density at radius 1 is 1.32 bits per heavy atom. The molecule has 1 N–H and O–H groups in total. The van der Waals surface area contributed by atoms with Crippen molar-refractivity contribution >= 4 is 0 Å². The SMILES string of the molecule is CCCNCc1ccoc1CN(CC)CCOCC. The lowest BCUT2D eigenvalue weighted by Crippen LogP contribution is -2.27. The molecule has 0 aliphatic heterocycles. The highest BCUT2D eigenvalue weighted by atomic mass is 16.5. The van der Waals surface area contributed by atoms with Crippen molar-refractivity contribution in [1.29, 1.82) is 0 Å². The monoisotopic (exact) mass is 268 g/mol. The van der Waals surface area contributed by atoms with Crippen LogP contribution in [0.1, 0.15) is 38.5 Å². The number of likely N-dealkylation sites (N-methyl/N-ethyl adjacent to an activating group) is 1. The maximum absolute atomic E-state index is 5.61. The molecule has 0 bridgehead atoms. The molecule has 1 rings (SSSR count). The number of hydrogen-bond acceptors (Lipinski definition) is 4. The molecule has 4 heteroatoms. The van der Waals surface area contributed by atoms with E-state index in [0.29, 0.717) is 0 Å². The molecule has 1 aromatic heterocycles. The highest BCUT2D eigenvalue weighted by molar-refractivity contribution is 5.16. The summed E-state index contributed by atoms with van der Waals surface area (Å²) in [5.74, 6) is 1.07. The Kier molecular flexibility index (Phi) is 8.54. The van der Waals surface area contributed by atoms with E-state index in [9.17, 15) is 0 Å². The Bertz CT molecular complexity index is 326. The number of nitrogens with zero attached hydrogens (tertiary/aromatic N) is 1. The third kappa shape index (κ3) is 6.23. The van der Waals surface area contributed by atoms with Crippen molar-refractivity contribution < 1.29 is 9.15 Å². The predicted octanol–water partition coefficient (Wildman–Crippen LogP) is 2.64. The highest BCUT2D eigenvalue weighted by Gasteiger charge is 2.10. The van der Waals surface area contributed by atoms with Crippen molar-refractivity contribution in [2.24, 2.45) is 0 Å². The minimum atomic E-state index is 0.782. The first-order valence-corrected chi connectivity index (χ1v) is 7.37. The fraction of sp³-hybridized carbons (Fsp3) is 0.733. The maximum Gasteiger partial charge on any atom is 0.122 e. The second-order valence-corrected chi connectivity index (χ2v) is 4.61. The highest BCUT2D eigenvalue weighted by Crippen LogP contribution is 2.13. The molecule has 0 unspecified atom stereocenters. The summed E-state index contributed by atoms with van der Waals surface area (Å²) in [6.07, 6.45) is 2.94. The summed E-state index contributed by atoms with van der Waals surface area (Å²) in [7, 11) is 0. The van der Waals surface area contributed by atoms with E-state index in [-0.39, 0.29) is 0 Å². The quantitative estimate of drug-likeness (QED) is 0.626. The molecule has 0 aliphatic rings. The second-order valence-electron chi connectivity index (χ2n) is 4.61. The van der Waals surface area contributed by atoms with Crippen molar-refractivity contribution in [3.8, 4) is 0 Å². The Labute approximate surface area is 117 Å². The molecule has 0 spiro atoms. The summed E-state index contributed by atoms with van der Waals surface area (Å²) < 4.78 is 11.0. The summed E-state index contributed by atoms with van der Waals surface area (Å²) in [5, 5.41) is 3.42. The molecule has 0 fully saturated rings. The zero-order chi connectivity index (χ0) is 13.9. The largest absolute Gasteiger partial charge is 0.468 e. The molecule has 0 radical (unpaired) electrons. The van der Waals surface area contributed by atoms with Crippen LogP contribution in [0.3, 0.4) is 0 Å². The first-order chi connectivity index (χ1) is 9.31. The third-order valence-corrected chi connectivity index (χ3v) is 3.15. The van der Waals surface area contributed by atoms with Crippen molar-refractivity contribution in [2.75, 3.05) is 32.8 Å². The molecular weight excluding hydrogens is 240 g/mol. The van der Waals surface area contributed by atoms with Gasteiger partial charge in [0.1, 0.15) is 5.76 Å². The van der Waals surface area contributed by atoms with Crippen LogP contribution >= 0.6 is 0 Å². The standard InChI is InChI=1S/C15H28N2O2/c1-4-8-16-12-14-7-10-19-15(14)13-17(5-2)9-11-18-6-3/h7,10,16H,4-6,8-9,11-13H2,1-3H3. The number of hydrogen-bond donors (Lipinski definition) is 1. The van der Waals surface area contributed by atoms with Gasteiger partial charge < -0.3 is 14.5 Å². The van der Waals surface area contributed by atoms with E-state index in [4.69, 9.17) is 9.15 Å². The van der Waals surface area contributed by atoms with Gasteiger partial charge in [-0.3, -0.25) is 4.90 Å². The lowest BCUT2D eigenvalue weighted by molar-refractivity contribution is 0.110. The average Bonchev–Trinajstić information content (AvgIpc) is 2.85. The molecule has 4 nitrogen and oxygen atoms in total. The predicted molar refractivity (Wildman–Crippen MR) is 78.1 cm³/mol. The number of ether oxygens (including phenoxy) is 1. The first-order valence-electron chi connectivity index (χ1n) is 7.37. The number of rotatable bonds is 11. The van der Waals surface area contributed by atoms with Gasteiger partial charge in [0, 0.05) is 25.3 Å². The number of nitrogens with one attached hydrogen (secondary N) is 1. The summed E-state index contributed by atoms with van der Waals surface area (Å²) >= 11 is 0. The van der Waals surface area contributed by atoms with Crippen LogP contribution < -0.4 is 5.32 Å². The molecule has 0 amide bonds. The Hall–Kier alpha value is -0.840. The van der Waals surface area contributed by atoms with Crippen molar-refractivity contribution in [3.05, 3.63) is 23.7 Å². The van der Waals surface area contributed by atoms with Crippen LogP contribution in [0.4, 0.5) is 0 Å². The lowest BCUT2D eigenvalue weighted by Gasteiger charge is -2.19. The van der Waals surface area contributed by atoms with E-state index in [0.717, 1.165) is 58.1 Å². The molecule has 0 saturated carbocycles. The van der Waals surface area contributed by atoms with Gasteiger partial charge in [-0.2, -0.15) is 0 Å². The fourth-order valence-corrected chi connectivity index (χ4v) is 1.95. The van der Waals surface area contributed by atoms with Crippen molar-refractivity contribution in [2.45, 2.75) is 40.3 Å². The van der Waals surface area contributed by atoms with Crippen LogP contribution in [0.2, 0.25) is 0 Å². The molecule has 0 aromatic carbocycles. The van der Waals surface area contributed by atoms with Gasteiger partial charge in [-0.25, -0.2) is 0 Å². The van der Waals surface area contributed by atoms with E-state index in [1.54, 1.807) is 6.26 Å². The topological polar surface area (TPSA) is 37.6 Å². The van der Waals surface area contributed by atoms with Gasteiger partial charge in [-0.05, 0) is 32.5 Å². The van der Waals surface area contributed by atoms with Gasteiger partial charge >= 0.3 is 0 Å². The average molecular weight is 268 g/mol. The Balaban J connectivity index is 2.42. The smallest absolute Gasteiger partial charge is 0.122 e. The van der Waals surface area contributed by atoms with Crippen LogP contribution in [-0.2, 0) is 17.8 Å². The summed E-state index contributed by atoms with van der Waals surface area (Å²) in [5.41, 5.74) is 1.27. The zero-order valence-corrected chi connectivity index (χ0v) is 12.6. The van der Waals surface area contributed by atoms with Crippen molar-refractivity contribution in [1.82, 2.24) is 10.2 Å². The van der Waals surface area contributed by atoms with Gasteiger partial charge in [0.2, 0.25) is 0 Å².